The summed E-state index contributed by atoms with van der Waals surface area (Å²) in [6, 6.07) is 0. The normalized spacial score (nSPS) is 52.8. The second-order valence-corrected chi connectivity index (χ2v) is 26.2. The Kier molecular flexibility index (Phi) is 19.1. The Morgan fingerprint density at radius 1 is 0.532 bits per heavy atom. The quantitative estimate of drug-likeness (QED) is 0.0692. The first-order valence-corrected chi connectivity index (χ1v) is 28.3. The highest BCUT2D eigenvalue weighted by Gasteiger charge is 2.72. The van der Waals surface area contributed by atoms with Gasteiger partial charge in [-0.05, 0) is 110 Å². The first-order valence-electron chi connectivity index (χ1n) is 28.3. The maximum atomic E-state index is 12.9. The number of aliphatic hydroxyl groups excluding tert-OH is 15. The summed E-state index contributed by atoms with van der Waals surface area (Å²) in [6.07, 6.45) is -25.9. The van der Waals surface area contributed by atoms with Crippen LogP contribution in [0.2, 0.25) is 0 Å². The molecule has 8 fully saturated rings. The highest BCUT2D eigenvalue weighted by Crippen LogP contribution is 2.76. The van der Waals surface area contributed by atoms with Gasteiger partial charge in [0.25, 0.3) is 0 Å². The van der Waals surface area contributed by atoms with E-state index in [1.807, 2.05) is 6.92 Å². The molecule has 0 bridgehead atoms. The average molecular weight is 1110 g/mol. The molecule has 0 aromatic carbocycles. The van der Waals surface area contributed by atoms with Gasteiger partial charge in [0.1, 0.15) is 97.7 Å². The van der Waals surface area contributed by atoms with Crippen LogP contribution in [-0.2, 0) is 37.9 Å². The molecule has 30 atom stereocenters. The highest BCUT2D eigenvalue weighted by atomic mass is 16.8. The van der Waals surface area contributed by atoms with Crippen LogP contribution in [0.5, 0.6) is 0 Å². The summed E-state index contributed by atoms with van der Waals surface area (Å²) in [5.41, 5.74) is -2.59. The molecule has 15 N–H and O–H groups in total. The molecule has 4 heterocycles. The molecular weight excluding hydrogens is 1020 g/mol. The van der Waals surface area contributed by atoms with Gasteiger partial charge in [0.15, 0.2) is 25.2 Å². The Morgan fingerprint density at radius 3 is 1.62 bits per heavy atom. The Hall–Kier alpha value is -0.920. The molecule has 77 heavy (non-hydrogen) atoms. The minimum atomic E-state index is -1.82. The van der Waals surface area contributed by atoms with Crippen LogP contribution in [0.3, 0.4) is 0 Å². The predicted molar refractivity (Wildman–Crippen MR) is 266 cm³/mol. The van der Waals surface area contributed by atoms with E-state index in [1.54, 1.807) is 0 Å². The standard InChI is InChI=1S/C54H94O23/c1-23(2)10-9-14-54(8,77-48-44(69)40(65)37(62)29(74-48)22-70-46-42(67)38(63)34(59)26(19-55)71-46)24-11-16-53(7)33(24)25(58)18-31-51(5)15-13-32(50(3,4)30(51)12-17-52(31,53)6)75-49-45(41(66)36(61)28(21-57)73-49)76-47-43(68)39(64)35(60)27(20-56)72-47/h23-49,55-69H,9-22H2,1-8H3/t24?,25-,26-,27-,28-,29-,30?,31?,32+,33?,34-,35-,36-,37-,38+,39+,40+,41+,42-,43-,44-,45-,46-,47+,48-,49+,51+,52-,53-,54?/m1/s1. The van der Waals surface area contributed by atoms with Gasteiger partial charge in [0.05, 0.1) is 44.2 Å². The van der Waals surface area contributed by atoms with E-state index in [4.69, 9.17) is 37.9 Å². The second-order valence-electron chi connectivity index (χ2n) is 26.2. The Morgan fingerprint density at radius 2 is 1.04 bits per heavy atom. The van der Waals surface area contributed by atoms with Crippen LogP contribution in [0.15, 0.2) is 0 Å². The third kappa shape index (κ3) is 11.0. The number of hydrogen-bond donors (Lipinski definition) is 15. The maximum absolute atomic E-state index is 12.9. The Bertz CT molecular complexity index is 1930. The fourth-order valence-corrected chi connectivity index (χ4v) is 16.5. The van der Waals surface area contributed by atoms with Crippen molar-refractivity contribution in [2.24, 2.45) is 51.2 Å². The largest absolute Gasteiger partial charge is 0.394 e. The molecule has 0 aromatic rings. The maximum Gasteiger partial charge on any atom is 0.187 e. The Balaban J connectivity index is 1.01. The first kappa shape index (κ1) is 62.1. The number of aliphatic hydroxyl groups is 15. The molecule has 4 aliphatic heterocycles. The van der Waals surface area contributed by atoms with Crippen LogP contribution in [0.4, 0.5) is 0 Å². The molecule has 8 aliphatic rings. The van der Waals surface area contributed by atoms with E-state index in [2.05, 4.69) is 48.5 Å². The minimum Gasteiger partial charge on any atom is -0.394 e. The van der Waals surface area contributed by atoms with Gasteiger partial charge in [0, 0.05) is 0 Å². The van der Waals surface area contributed by atoms with Crippen LogP contribution in [0.25, 0.3) is 0 Å². The van der Waals surface area contributed by atoms with Crippen molar-refractivity contribution in [1.29, 1.82) is 0 Å². The summed E-state index contributed by atoms with van der Waals surface area (Å²) in [7, 11) is 0. The van der Waals surface area contributed by atoms with Crippen molar-refractivity contribution < 1.29 is 114 Å². The van der Waals surface area contributed by atoms with Crippen molar-refractivity contribution in [1.82, 2.24) is 0 Å². The zero-order chi connectivity index (χ0) is 56.6. The van der Waals surface area contributed by atoms with Crippen molar-refractivity contribution in [3.05, 3.63) is 0 Å². The summed E-state index contributed by atoms with van der Waals surface area (Å²) in [5, 5.41) is 162. The van der Waals surface area contributed by atoms with Crippen molar-refractivity contribution in [3.8, 4) is 0 Å². The van der Waals surface area contributed by atoms with E-state index in [1.165, 1.54) is 0 Å². The minimum absolute atomic E-state index is 0.0444. The molecule has 8 rings (SSSR count). The number of rotatable bonds is 17. The molecule has 5 unspecified atom stereocenters. The fourth-order valence-electron chi connectivity index (χ4n) is 16.5. The highest BCUT2D eigenvalue weighted by molar-refractivity contribution is 5.20. The summed E-state index contributed by atoms with van der Waals surface area (Å²) < 4.78 is 49.0. The van der Waals surface area contributed by atoms with Crippen LogP contribution < -0.4 is 0 Å². The van der Waals surface area contributed by atoms with E-state index in [9.17, 15) is 76.6 Å². The van der Waals surface area contributed by atoms with Crippen molar-refractivity contribution in [3.63, 3.8) is 0 Å². The zero-order valence-corrected chi connectivity index (χ0v) is 46.0. The molecule has 0 radical (unpaired) electrons. The smallest absolute Gasteiger partial charge is 0.187 e. The number of ether oxygens (including phenoxy) is 8. The van der Waals surface area contributed by atoms with Crippen molar-refractivity contribution in [2.75, 3.05) is 26.4 Å². The van der Waals surface area contributed by atoms with Crippen LogP contribution in [-0.4, -0.2) is 244 Å². The van der Waals surface area contributed by atoms with Crippen LogP contribution >= 0.6 is 0 Å². The molecule has 448 valence electrons. The molecule has 0 amide bonds. The SMILES string of the molecule is CC(C)CCCC(C)(O[C@H]1O[C@H](CO[C@@H]2O[C@H](CO)[C@@H](O)[C@H](O)[C@H]2O)[C@@H](O)[C@H](O)[C@H]1O)C1CC[C@]2(C)C1[C@H](O)CC1[C@@]3(C)CC[C@H](O[C@@H]4O[C@H](CO)[C@@H](O)[C@H](O)[C@H]4O[C@@H]4O[C@H](CO)[C@@H](O)[C@H](O)[C@H]4O)C(C)(C)C3CC[C@]12C. The molecular formula is C54H94O23. The zero-order valence-electron chi connectivity index (χ0n) is 46.0. The van der Waals surface area contributed by atoms with E-state index >= 15 is 0 Å². The molecule has 4 saturated carbocycles. The lowest BCUT2D eigenvalue weighted by molar-refractivity contribution is -0.378. The first-order chi connectivity index (χ1) is 36.0. The van der Waals surface area contributed by atoms with Crippen molar-refractivity contribution in [2.45, 2.75) is 260 Å². The van der Waals surface area contributed by atoms with E-state index < -0.39 is 178 Å². The lowest BCUT2D eigenvalue weighted by Gasteiger charge is -2.71. The lowest BCUT2D eigenvalue weighted by atomic mass is 9.35. The summed E-state index contributed by atoms with van der Waals surface area (Å²) in [6.45, 7) is 14.9. The van der Waals surface area contributed by atoms with Crippen LogP contribution in [0, 0.1) is 51.2 Å². The van der Waals surface area contributed by atoms with Gasteiger partial charge in [-0.2, -0.15) is 0 Å². The van der Waals surface area contributed by atoms with Gasteiger partial charge in [-0.1, -0.05) is 61.3 Å². The number of hydrogen-bond acceptors (Lipinski definition) is 23. The molecule has 4 aliphatic carbocycles. The fraction of sp³-hybridized carbons (Fsp3) is 1.00. The third-order valence-electron chi connectivity index (χ3n) is 21.2. The summed E-state index contributed by atoms with van der Waals surface area (Å²) in [4.78, 5) is 0. The van der Waals surface area contributed by atoms with Gasteiger partial charge in [-0.15, -0.1) is 0 Å². The Labute approximate surface area is 451 Å². The molecule has 23 nitrogen and oxygen atoms in total. The lowest BCUT2D eigenvalue weighted by Crippen LogP contribution is -2.68. The van der Waals surface area contributed by atoms with E-state index in [-0.39, 0.29) is 34.5 Å². The third-order valence-corrected chi connectivity index (χ3v) is 21.2. The average Bonchev–Trinajstić information content (AvgIpc) is 3.96. The van der Waals surface area contributed by atoms with E-state index in [0.717, 1.165) is 32.1 Å². The second kappa shape index (κ2) is 23.6. The molecule has 23 heteroatoms. The van der Waals surface area contributed by atoms with Gasteiger partial charge in [-0.3, -0.25) is 0 Å². The molecule has 0 spiro atoms. The van der Waals surface area contributed by atoms with E-state index in [0.29, 0.717) is 38.0 Å². The molecule has 0 aromatic heterocycles. The predicted octanol–water partition coefficient (Wildman–Crippen LogP) is -2.12. The van der Waals surface area contributed by atoms with Gasteiger partial charge in [-0.25, -0.2) is 0 Å². The van der Waals surface area contributed by atoms with Crippen molar-refractivity contribution >= 4 is 0 Å². The van der Waals surface area contributed by atoms with Gasteiger partial charge in [0.2, 0.25) is 0 Å². The number of fused-ring (bicyclic) bond motifs is 5. The summed E-state index contributed by atoms with van der Waals surface area (Å²) >= 11 is 0. The van der Waals surface area contributed by atoms with Gasteiger partial charge >= 0.3 is 0 Å². The van der Waals surface area contributed by atoms with Crippen LogP contribution in [0.1, 0.15) is 120 Å². The van der Waals surface area contributed by atoms with Gasteiger partial charge < -0.3 is 114 Å². The monoisotopic (exact) mass is 1110 g/mol. The summed E-state index contributed by atoms with van der Waals surface area (Å²) in [5.74, 6) is -0.0435. The molecule has 4 saturated heterocycles. The topological polar surface area (TPSA) is 377 Å².